The van der Waals surface area contributed by atoms with Gasteiger partial charge in [0.25, 0.3) is 0 Å². The normalized spacial score (nSPS) is 10.7. The number of nitrogens with one attached hydrogen (secondary N) is 1. The molecule has 3 aromatic rings. The van der Waals surface area contributed by atoms with Gasteiger partial charge in [-0.2, -0.15) is 0 Å². The Hall–Kier alpha value is -2.05. The number of hydrogen-bond acceptors (Lipinski definition) is 4. The predicted molar refractivity (Wildman–Crippen MR) is 108 cm³/mol. The highest BCUT2D eigenvalue weighted by molar-refractivity contribution is 9.10. The maximum absolute atomic E-state index is 12.2. The molecule has 0 saturated carbocycles. The van der Waals surface area contributed by atoms with Gasteiger partial charge < -0.3 is 9.84 Å². The number of aryl methyl sites for hydroxylation is 2. The molecule has 0 aliphatic carbocycles. The van der Waals surface area contributed by atoms with Crippen LogP contribution in [0, 0.1) is 13.8 Å². The highest BCUT2D eigenvalue weighted by Gasteiger charge is 2.11. The number of rotatable bonds is 6. The van der Waals surface area contributed by atoms with Gasteiger partial charge in [0.2, 0.25) is 5.91 Å². The van der Waals surface area contributed by atoms with Gasteiger partial charge in [0, 0.05) is 31.9 Å². The molecule has 0 aliphatic rings. The van der Waals surface area contributed by atoms with Gasteiger partial charge in [0.05, 0.1) is 5.69 Å². The lowest BCUT2D eigenvalue weighted by molar-refractivity contribution is -0.116. The summed E-state index contributed by atoms with van der Waals surface area (Å²) in [6.07, 6.45) is 1.03. The second-order valence-corrected chi connectivity index (χ2v) is 7.99. The van der Waals surface area contributed by atoms with E-state index in [2.05, 4.69) is 38.5 Å². The number of halogens is 1. The summed E-state index contributed by atoms with van der Waals surface area (Å²) >= 11 is 5.12. The first-order valence-electron chi connectivity index (χ1n) is 8.26. The van der Waals surface area contributed by atoms with Gasteiger partial charge in [-0.15, -0.1) is 0 Å². The van der Waals surface area contributed by atoms with Crippen LogP contribution in [0.3, 0.4) is 0 Å². The molecule has 1 heterocycles. The molecular weight excluding hydrogens is 412 g/mol. The smallest absolute Gasteiger partial charge is 0.224 e. The largest absolute Gasteiger partial charge is 0.361 e. The SMILES string of the molecule is Cc1noc(C)c1CCC(=O)Nc1ccc(Sc2ccc(Br)cc2)cc1. The van der Waals surface area contributed by atoms with Crippen LogP contribution in [0.4, 0.5) is 5.69 Å². The molecule has 0 saturated heterocycles. The number of anilines is 1. The Kier molecular flexibility index (Phi) is 6.16. The van der Waals surface area contributed by atoms with Gasteiger partial charge in [-0.05, 0) is 68.8 Å². The van der Waals surface area contributed by atoms with Gasteiger partial charge in [0.1, 0.15) is 5.76 Å². The van der Waals surface area contributed by atoms with Crippen molar-refractivity contribution < 1.29 is 9.32 Å². The number of carbonyl (C=O) groups is 1. The van der Waals surface area contributed by atoms with Crippen LogP contribution in [0.25, 0.3) is 0 Å². The lowest BCUT2D eigenvalue weighted by Gasteiger charge is -2.07. The number of amides is 1. The molecule has 1 aromatic heterocycles. The Labute approximate surface area is 165 Å². The molecule has 4 nitrogen and oxygen atoms in total. The van der Waals surface area contributed by atoms with Crippen molar-refractivity contribution in [1.29, 1.82) is 0 Å². The third-order valence-electron chi connectivity index (χ3n) is 3.97. The molecule has 0 atom stereocenters. The summed E-state index contributed by atoms with van der Waals surface area (Å²) in [6.45, 7) is 3.76. The van der Waals surface area contributed by atoms with Crippen molar-refractivity contribution in [1.82, 2.24) is 5.16 Å². The molecule has 134 valence electrons. The van der Waals surface area contributed by atoms with E-state index in [1.807, 2.05) is 50.2 Å². The molecule has 0 spiro atoms. The van der Waals surface area contributed by atoms with Crippen molar-refractivity contribution in [3.05, 3.63) is 70.0 Å². The summed E-state index contributed by atoms with van der Waals surface area (Å²) < 4.78 is 6.19. The molecule has 6 heteroatoms. The number of carbonyl (C=O) groups excluding carboxylic acids is 1. The summed E-state index contributed by atoms with van der Waals surface area (Å²) in [5, 5.41) is 6.85. The second-order valence-electron chi connectivity index (χ2n) is 5.93. The molecule has 1 amide bonds. The van der Waals surface area contributed by atoms with Crippen LogP contribution in [0.5, 0.6) is 0 Å². The van der Waals surface area contributed by atoms with E-state index in [1.54, 1.807) is 11.8 Å². The van der Waals surface area contributed by atoms with E-state index in [1.165, 1.54) is 4.90 Å². The summed E-state index contributed by atoms with van der Waals surface area (Å²) in [7, 11) is 0. The first-order chi connectivity index (χ1) is 12.5. The fourth-order valence-corrected chi connectivity index (χ4v) is 3.65. The molecular formula is C20H19BrN2O2S. The molecule has 3 rings (SSSR count). The molecule has 0 aliphatic heterocycles. The number of nitrogens with zero attached hydrogens (tertiary/aromatic N) is 1. The van der Waals surface area contributed by atoms with Gasteiger partial charge in [-0.1, -0.05) is 32.8 Å². The van der Waals surface area contributed by atoms with Crippen molar-refractivity contribution in [2.24, 2.45) is 0 Å². The van der Waals surface area contributed by atoms with Crippen molar-refractivity contribution in [3.63, 3.8) is 0 Å². The first kappa shape index (κ1) is 18.7. The molecule has 2 aromatic carbocycles. The minimum atomic E-state index is -0.0155. The summed E-state index contributed by atoms with van der Waals surface area (Å²) in [5.41, 5.74) is 2.67. The van der Waals surface area contributed by atoms with Gasteiger partial charge in [-0.25, -0.2) is 0 Å². The van der Waals surface area contributed by atoms with Gasteiger partial charge in [0.15, 0.2) is 0 Å². The predicted octanol–water partition coefficient (Wildman–Crippen LogP) is 5.78. The van der Waals surface area contributed by atoms with E-state index >= 15 is 0 Å². The number of hydrogen-bond donors (Lipinski definition) is 1. The van der Waals surface area contributed by atoms with Crippen LogP contribution >= 0.6 is 27.7 Å². The third-order valence-corrected chi connectivity index (χ3v) is 5.52. The van der Waals surface area contributed by atoms with Crippen LogP contribution in [-0.2, 0) is 11.2 Å². The zero-order valence-electron chi connectivity index (χ0n) is 14.6. The zero-order chi connectivity index (χ0) is 18.5. The summed E-state index contributed by atoms with van der Waals surface area (Å²) in [6, 6.07) is 16.1. The van der Waals surface area contributed by atoms with Crippen molar-refractivity contribution in [2.75, 3.05) is 5.32 Å². The molecule has 26 heavy (non-hydrogen) atoms. The lowest BCUT2D eigenvalue weighted by atomic mass is 10.1. The van der Waals surface area contributed by atoms with E-state index in [0.717, 1.165) is 32.1 Å². The molecule has 0 bridgehead atoms. The third kappa shape index (κ3) is 4.99. The van der Waals surface area contributed by atoms with E-state index in [-0.39, 0.29) is 5.91 Å². The molecule has 0 fully saturated rings. The average molecular weight is 431 g/mol. The minimum absolute atomic E-state index is 0.0155. The highest BCUT2D eigenvalue weighted by atomic mass is 79.9. The zero-order valence-corrected chi connectivity index (χ0v) is 17.0. The van der Waals surface area contributed by atoms with E-state index in [4.69, 9.17) is 4.52 Å². The maximum Gasteiger partial charge on any atom is 0.224 e. The van der Waals surface area contributed by atoms with Crippen molar-refractivity contribution in [2.45, 2.75) is 36.5 Å². The average Bonchev–Trinajstić information content (AvgIpc) is 2.95. The summed E-state index contributed by atoms with van der Waals surface area (Å²) in [5.74, 6) is 0.767. The maximum atomic E-state index is 12.2. The van der Waals surface area contributed by atoms with Crippen molar-refractivity contribution in [3.8, 4) is 0 Å². The standard InChI is InChI=1S/C20H19BrN2O2S/c1-13-19(14(2)25-23-13)11-12-20(24)22-16-5-9-18(10-6-16)26-17-7-3-15(21)4-8-17/h3-10H,11-12H2,1-2H3,(H,22,24). The minimum Gasteiger partial charge on any atom is -0.361 e. The van der Waals surface area contributed by atoms with Crippen LogP contribution in [-0.4, -0.2) is 11.1 Å². The highest BCUT2D eigenvalue weighted by Crippen LogP contribution is 2.29. The Morgan fingerprint density at radius 2 is 1.69 bits per heavy atom. The van der Waals surface area contributed by atoms with Crippen LogP contribution < -0.4 is 5.32 Å². The van der Waals surface area contributed by atoms with E-state index in [9.17, 15) is 4.79 Å². The van der Waals surface area contributed by atoms with Gasteiger partial charge in [-0.3, -0.25) is 4.79 Å². The van der Waals surface area contributed by atoms with Crippen LogP contribution in [0.15, 0.2) is 67.3 Å². The van der Waals surface area contributed by atoms with Gasteiger partial charge >= 0.3 is 0 Å². The Morgan fingerprint density at radius 3 is 2.27 bits per heavy atom. The lowest BCUT2D eigenvalue weighted by Crippen LogP contribution is -2.12. The Morgan fingerprint density at radius 1 is 1.08 bits per heavy atom. The molecule has 1 N–H and O–H groups in total. The topological polar surface area (TPSA) is 55.1 Å². The fourth-order valence-electron chi connectivity index (χ4n) is 2.57. The van der Waals surface area contributed by atoms with E-state index < -0.39 is 0 Å². The number of aromatic nitrogens is 1. The monoisotopic (exact) mass is 430 g/mol. The Balaban J connectivity index is 1.53. The first-order valence-corrected chi connectivity index (χ1v) is 9.87. The fraction of sp³-hybridized carbons (Fsp3) is 0.200. The van der Waals surface area contributed by atoms with Crippen molar-refractivity contribution >= 4 is 39.3 Å². The Bertz CT molecular complexity index is 870. The quantitative estimate of drug-likeness (QED) is 0.538. The molecule has 0 unspecified atom stereocenters. The second kappa shape index (κ2) is 8.56. The van der Waals surface area contributed by atoms with E-state index in [0.29, 0.717) is 12.8 Å². The summed E-state index contributed by atoms with van der Waals surface area (Å²) in [4.78, 5) is 14.5. The molecule has 0 radical (unpaired) electrons. The van der Waals surface area contributed by atoms with Crippen LogP contribution in [0.2, 0.25) is 0 Å². The van der Waals surface area contributed by atoms with Crippen LogP contribution in [0.1, 0.15) is 23.4 Å². The number of benzene rings is 2.